The standard InChI is InChI=1S/C9H14N2/c1-8-6-11(7-10-8)9-4-2-3-5-9/h6-7,9H,2-5H2,1H3. The third kappa shape index (κ3) is 1.30. The van der Waals surface area contributed by atoms with Crippen LogP contribution < -0.4 is 0 Å². The van der Waals surface area contributed by atoms with Gasteiger partial charge in [0.1, 0.15) is 0 Å². The summed E-state index contributed by atoms with van der Waals surface area (Å²) < 4.78 is 2.27. The summed E-state index contributed by atoms with van der Waals surface area (Å²) in [5.74, 6) is 0. The average molecular weight is 150 g/mol. The van der Waals surface area contributed by atoms with Crippen LogP contribution in [0.15, 0.2) is 12.5 Å². The molecule has 0 atom stereocenters. The van der Waals surface area contributed by atoms with E-state index in [2.05, 4.69) is 15.7 Å². The predicted octanol–water partition coefficient (Wildman–Crippen LogP) is 2.31. The highest BCUT2D eigenvalue weighted by atomic mass is 15.1. The topological polar surface area (TPSA) is 17.8 Å². The Kier molecular flexibility index (Phi) is 1.68. The second-order valence-electron chi connectivity index (χ2n) is 3.40. The van der Waals surface area contributed by atoms with Gasteiger partial charge in [0.15, 0.2) is 0 Å². The minimum Gasteiger partial charge on any atom is -0.334 e. The van der Waals surface area contributed by atoms with Gasteiger partial charge in [-0.15, -0.1) is 0 Å². The summed E-state index contributed by atoms with van der Waals surface area (Å²) in [6.07, 6.45) is 9.58. The van der Waals surface area contributed by atoms with E-state index in [1.54, 1.807) is 0 Å². The van der Waals surface area contributed by atoms with E-state index >= 15 is 0 Å². The van der Waals surface area contributed by atoms with Crippen molar-refractivity contribution in [3.63, 3.8) is 0 Å². The van der Waals surface area contributed by atoms with Crippen LogP contribution in [0.3, 0.4) is 0 Å². The van der Waals surface area contributed by atoms with Gasteiger partial charge in [-0.25, -0.2) is 4.98 Å². The Bertz CT molecular complexity index is 233. The Morgan fingerprint density at radius 1 is 1.45 bits per heavy atom. The molecule has 1 aliphatic rings. The fourth-order valence-electron chi connectivity index (χ4n) is 1.84. The lowest BCUT2D eigenvalue weighted by molar-refractivity contribution is 0.518. The second kappa shape index (κ2) is 2.68. The maximum absolute atomic E-state index is 4.22. The summed E-state index contributed by atoms with van der Waals surface area (Å²) in [4.78, 5) is 4.22. The van der Waals surface area contributed by atoms with Gasteiger partial charge in [-0.2, -0.15) is 0 Å². The molecule has 1 fully saturated rings. The van der Waals surface area contributed by atoms with Crippen molar-refractivity contribution < 1.29 is 0 Å². The van der Waals surface area contributed by atoms with Crippen molar-refractivity contribution >= 4 is 0 Å². The summed E-state index contributed by atoms with van der Waals surface area (Å²) in [5, 5.41) is 0. The molecule has 1 aromatic rings. The highest BCUT2D eigenvalue weighted by molar-refractivity contribution is 4.95. The van der Waals surface area contributed by atoms with Crippen LogP contribution in [-0.2, 0) is 0 Å². The first kappa shape index (κ1) is 6.89. The summed E-state index contributed by atoms with van der Waals surface area (Å²) in [7, 11) is 0. The van der Waals surface area contributed by atoms with E-state index in [4.69, 9.17) is 0 Å². The first-order chi connectivity index (χ1) is 5.36. The lowest BCUT2D eigenvalue weighted by Gasteiger charge is -2.08. The number of nitrogens with zero attached hydrogens (tertiary/aromatic N) is 2. The predicted molar refractivity (Wildman–Crippen MR) is 44.5 cm³/mol. The molecule has 0 radical (unpaired) electrons. The van der Waals surface area contributed by atoms with Gasteiger partial charge in [0.2, 0.25) is 0 Å². The van der Waals surface area contributed by atoms with Gasteiger partial charge in [0, 0.05) is 12.2 Å². The normalized spacial score (nSPS) is 19.4. The SMILES string of the molecule is Cc1cn(C2CCCC2)cn1. The van der Waals surface area contributed by atoms with E-state index < -0.39 is 0 Å². The largest absolute Gasteiger partial charge is 0.334 e. The number of aryl methyl sites for hydroxylation is 1. The lowest BCUT2D eigenvalue weighted by atomic mass is 10.2. The molecule has 0 N–H and O–H groups in total. The Labute approximate surface area is 67.3 Å². The van der Waals surface area contributed by atoms with E-state index in [1.165, 1.54) is 25.7 Å². The van der Waals surface area contributed by atoms with Crippen LogP contribution >= 0.6 is 0 Å². The molecule has 0 aliphatic heterocycles. The van der Waals surface area contributed by atoms with Crippen molar-refractivity contribution in [3.8, 4) is 0 Å². The van der Waals surface area contributed by atoms with Gasteiger partial charge in [-0.05, 0) is 19.8 Å². The quantitative estimate of drug-likeness (QED) is 0.600. The summed E-state index contributed by atoms with van der Waals surface area (Å²) >= 11 is 0. The fraction of sp³-hybridized carbons (Fsp3) is 0.667. The molecule has 0 spiro atoms. The zero-order valence-corrected chi connectivity index (χ0v) is 6.95. The molecule has 0 unspecified atom stereocenters. The van der Waals surface area contributed by atoms with Crippen molar-refractivity contribution in [1.82, 2.24) is 9.55 Å². The molecule has 11 heavy (non-hydrogen) atoms. The fourth-order valence-corrected chi connectivity index (χ4v) is 1.84. The van der Waals surface area contributed by atoms with Crippen LogP contribution in [-0.4, -0.2) is 9.55 Å². The van der Waals surface area contributed by atoms with Crippen molar-refractivity contribution in [2.75, 3.05) is 0 Å². The van der Waals surface area contributed by atoms with Crippen LogP contribution in [0.2, 0.25) is 0 Å². The molecule has 0 bridgehead atoms. The van der Waals surface area contributed by atoms with Crippen LogP contribution in [0.5, 0.6) is 0 Å². The molecule has 0 saturated heterocycles. The Hall–Kier alpha value is -0.790. The Morgan fingerprint density at radius 2 is 2.18 bits per heavy atom. The number of imidazole rings is 1. The summed E-state index contributed by atoms with van der Waals surface area (Å²) in [6, 6.07) is 0.746. The minimum atomic E-state index is 0.746. The van der Waals surface area contributed by atoms with Crippen molar-refractivity contribution in [2.24, 2.45) is 0 Å². The first-order valence-corrected chi connectivity index (χ1v) is 4.36. The Balaban J connectivity index is 2.15. The third-order valence-electron chi connectivity index (χ3n) is 2.48. The molecule has 2 rings (SSSR count). The highest BCUT2D eigenvalue weighted by Gasteiger charge is 2.15. The molecule has 1 heterocycles. The van der Waals surface area contributed by atoms with Gasteiger partial charge in [0.25, 0.3) is 0 Å². The molecule has 0 aromatic carbocycles. The third-order valence-corrected chi connectivity index (χ3v) is 2.48. The molecule has 60 valence electrons. The summed E-state index contributed by atoms with van der Waals surface area (Å²) in [6.45, 7) is 2.05. The van der Waals surface area contributed by atoms with Crippen LogP contribution in [0.25, 0.3) is 0 Å². The van der Waals surface area contributed by atoms with Gasteiger partial charge >= 0.3 is 0 Å². The lowest BCUT2D eigenvalue weighted by Crippen LogP contribution is -2.00. The molecule has 0 amide bonds. The van der Waals surface area contributed by atoms with E-state index in [9.17, 15) is 0 Å². The summed E-state index contributed by atoms with van der Waals surface area (Å²) in [5.41, 5.74) is 1.14. The molecule has 1 aromatic heterocycles. The van der Waals surface area contributed by atoms with Gasteiger partial charge in [-0.3, -0.25) is 0 Å². The monoisotopic (exact) mass is 150 g/mol. The van der Waals surface area contributed by atoms with E-state index in [1.807, 2.05) is 13.3 Å². The van der Waals surface area contributed by atoms with E-state index in [0.29, 0.717) is 0 Å². The van der Waals surface area contributed by atoms with Gasteiger partial charge < -0.3 is 4.57 Å². The van der Waals surface area contributed by atoms with E-state index in [0.717, 1.165) is 11.7 Å². The smallest absolute Gasteiger partial charge is 0.0951 e. The zero-order valence-electron chi connectivity index (χ0n) is 6.95. The first-order valence-electron chi connectivity index (χ1n) is 4.36. The Morgan fingerprint density at radius 3 is 2.73 bits per heavy atom. The molecule has 1 aliphatic carbocycles. The average Bonchev–Trinajstić information content (AvgIpc) is 2.55. The number of rotatable bonds is 1. The van der Waals surface area contributed by atoms with E-state index in [-0.39, 0.29) is 0 Å². The maximum Gasteiger partial charge on any atom is 0.0951 e. The van der Waals surface area contributed by atoms with Crippen molar-refractivity contribution in [3.05, 3.63) is 18.2 Å². The number of aromatic nitrogens is 2. The van der Waals surface area contributed by atoms with Crippen LogP contribution in [0.1, 0.15) is 37.4 Å². The molecular weight excluding hydrogens is 136 g/mol. The van der Waals surface area contributed by atoms with Gasteiger partial charge in [-0.1, -0.05) is 12.8 Å². The molecule has 2 heteroatoms. The minimum absolute atomic E-state index is 0.746. The highest BCUT2D eigenvalue weighted by Crippen LogP contribution is 2.28. The maximum atomic E-state index is 4.22. The molecule has 2 nitrogen and oxygen atoms in total. The van der Waals surface area contributed by atoms with Crippen molar-refractivity contribution in [1.29, 1.82) is 0 Å². The molecule has 1 saturated carbocycles. The number of hydrogen-bond donors (Lipinski definition) is 0. The van der Waals surface area contributed by atoms with Gasteiger partial charge in [0.05, 0.1) is 12.0 Å². The number of hydrogen-bond acceptors (Lipinski definition) is 1. The molecular formula is C9H14N2. The van der Waals surface area contributed by atoms with Crippen molar-refractivity contribution in [2.45, 2.75) is 38.6 Å². The zero-order chi connectivity index (χ0) is 7.68. The second-order valence-corrected chi connectivity index (χ2v) is 3.40. The van der Waals surface area contributed by atoms with Crippen LogP contribution in [0, 0.1) is 6.92 Å². The van der Waals surface area contributed by atoms with Crippen LogP contribution in [0.4, 0.5) is 0 Å².